The van der Waals surface area contributed by atoms with Gasteiger partial charge in [-0.3, -0.25) is 4.79 Å². The molecular weight excluding hydrogens is 318 g/mol. The third-order valence-electron chi connectivity index (χ3n) is 3.52. The van der Waals surface area contributed by atoms with Crippen LogP contribution in [0.25, 0.3) is 4.85 Å². The first kappa shape index (κ1) is 16.3. The quantitative estimate of drug-likeness (QED) is 0.723. The maximum atomic E-state index is 11.1. The zero-order valence-corrected chi connectivity index (χ0v) is 13.5. The summed E-state index contributed by atoms with van der Waals surface area (Å²) in [6.45, 7) is 7.09. The molecule has 6 heteroatoms. The van der Waals surface area contributed by atoms with Crippen molar-refractivity contribution in [2.45, 2.75) is 6.42 Å². The fourth-order valence-corrected chi connectivity index (χ4v) is 2.34. The van der Waals surface area contributed by atoms with Crippen molar-refractivity contribution in [2.24, 2.45) is 0 Å². The lowest BCUT2D eigenvalue weighted by atomic mass is 10.1. The van der Waals surface area contributed by atoms with Gasteiger partial charge in [-0.05, 0) is 35.9 Å². The molecule has 0 fully saturated rings. The topological polar surface area (TPSA) is 68.6 Å². The van der Waals surface area contributed by atoms with E-state index in [0.717, 1.165) is 11.3 Å². The Bertz CT molecular complexity index is 969. The molecule has 0 aliphatic carbocycles. The van der Waals surface area contributed by atoms with E-state index in [4.69, 9.17) is 16.0 Å². The van der Waals surface area contributed by atoms with Gasteiger partial charge >= 0.3 is 0 Å². The summed E-state index contributed by atoms with van der Waals surface area (Å²) < 4.78 is 11.2. The van der Waals surface area contributed by atoms with Crippen molar-refractivity contribution in [3.63, 3.8) is 0 Å². The Morgan fingerprint density at radius 2 is 2.00 bits per heavy atom. The van der Waals surface area contributed by atoms with Crippen LogP contribution < -0.4 is 15.0 Å². The van der Waals surface area contributed by atoms with Gasteiger partial charge in [0.1, 0.15) is 5.75 Å². The van der Waals surface area contributed by atoms with Crippen molar-refractivity contribution in [1.82, 2.24) is 10.2 Å². The van der Waals surface area contributed by atoms with Crippen molar-refractivity contribution in [3.05, 3.63) is 87.6 Å². The molecule has 0 saturated carbocycles. The fourth-order valence-electron chi connectivity index (χ4n) is 2.34. The highest BCUT2D eigenvalue weighted by Crippen LogP contribution is 2.34. The Labute approximate surface area is 144 Å². The van der Waals surface area contributed by atoms with Crippen LogP contribution in [0.4, 0.5) is 5.69 Å². The van der Waals surface area contributed by atoms with Gasteiger partial charge in [-0.1, -0.05) is 18.2 Å². The molecule has 1 aromatic heterocycles. The number of hydrogen-bond donors (Lipinski definition) is 1. The maximum Gasteiger partial charge on any atom is 0.264 e. The van der Waals surface area contributed by atoms with Crippen LogP contribution in [0.15, 0.2) is 59.4 Å². The van der Waals surface area contributed by atoms with Gasteiger partial charge in [0.25, 0.3) is 5.56 Å². The van der Waals surface area contributed by atoms with Crippen molar-refractivity contribution in [2.75, 3.05) is 7.11 Å². The fraction of sp³-hybridized carbons (Fsp3) is 0.105. The molecule has 0 saturated heterocycles. The van der Waals surface area contributed by atoms with Crippen LogP contribution in [0.5, 0.6) is 17.2 Å². The second-order valence-corrected chi connectivity index (χ2v) is 5.29. The van der Waals surface area contributed by atoms with Crippen molar-refractivity contribution in [1.29, 1.82) is 0 Å². The first-order valence-corrected chi connectivity index (χ1v) is 7.55. The molecule has 0 aliphatic heterocycles. The average molecular weight is 333 g/mol. The van der Waals surface area contributed by atoms with Gasteiger partial charge in [0, 0.05) is 12.5 Å². The SMILES string of the molecule is [C-]#[N+]c1cccc(Oc2cc(Cc3ccc(=O)[nH]n3)ccc2OC)c1. The van der Waals surface area contributed by atoms with Crippen molar-refractivity contribution in [3.8, 4) is 17.2 Å². The molecule has 1 heterocycles. The zero-order chi connectivity index (χ0) is 17.6. The molecule has 25 heavy (non-hydrogen) atoms. The highest BCUT2D eigenvalue weighted by Gasteiger charge is 2.09. The normalized spacial score (nSPS) is 10.1. The van der Waals surface area contributed by atoms with E-state index in [-0.39, 0.29) is 5.56 Å². The number of aromatic nitrogens is 2. The summed E-state index contributed by atoms with van der Waals surface area (Å²) in [5.41, 5.74) is 1.97. The van der Waals surface area contributed by atoms with E-state index in [1.165, 1.54) is 6.07 Å². The molecular formula is C19H15N3O3. The number of aromatic amines is 1. The van der Waals surface area contributed by atoms with Gasteiger partial charge < -0.3 is 9.47 Å². The summed E-state index contributed by atoms with van der Waals surface area (Å²) in [7, 11) is 1.57. The van der Waals surface area contributed by atoms with Gasteiger partial charge in [0.15, 0.2) is 17.2 Å². The lowest BCUT2D eigenvalue weighted by Crippen LogP contribution is -2.07. The smallest absolute Gasteiger partial charge is 0.264 e. The van der Waals surface area contributed by atoms with Crippen LogP contribution >= 0.6 is 0 Å². The number of ether oxygens (including phenoxy) is 2. The van der Waals surface area contributed by atoms with Crippen LogP contribution in [0.1, 0.15) is 11.3 Å². The minimum absolute atomic E-state index is 0.234. The lowest BCUT2D eigenvalue weighted by Gasteiger charge is -2.12. The molecule has 0 atom stereocenters. The number of rotatable bonds is 5. The van der Waals surface area contributed by atoms with Crippen LogP contribution in [0, 0.1) is 6.57 Å². The largest absolute Gasteiger partial charge is 0.493 e. The standard InChI is InChI=1S/C19H15N3O3/c1-20-14-4-3-5-16(12-14)25-18-11-13(6-8-17(18)24-2)10-15-7-9-19(23)22-21-15/h3-9,11-12H,10H2,2H3,(H,22,23). The van der Waals surface area contributed by atoms with E-state index >= 15 is 0 Å². The lowest BCUT2D eigenvalue weighted by molar-refractivity contribution is 0.378. The summed E-state index contributed by atoms with van der Waals surface area (Å²) in [6.07, 6.45) is 0.541. The average Bonchev–Trinajstić information content (AvgIpc) is 2.64. The highest BCUT2D eigenvalue weighted by atomic mass is 16.5. The summed E-state index contributed by atoms with van der Waals surface area (Å²) in [4.78, 5) is 14.5. The highest BCUT2D eigenvalue weighted by molar-refractivity contribution is 5.52. The number of nitrogens with one attached hydrogen (secondary N) is 1. The number of benzene rings is 2. The maximum absolute atomic E-state index is 11.1. The second-order valence-electron chi connectivity index (χ2n) is 5.29. The van der Waals surface area contributed by atoms with Crippen LogP contribution in [0.2, 0.25) is 0 Å². The van der Waals surface area contributed by atoms with E-state index < -0.39 is 0 Å². The van der Waals surface area contributed by atoms with Crippen molar-refractivity contribution < 1.29 is 9.47 Å². The first-order valence-electron chi connectivity index (χ1n) is 7.55. The van der Waals surface area contributed by atoms with Crippen LogP contribution in [-0.4, -0.2) is 17.3 Å². The summed E-state index contributed by atoms with van der Waals surface area (Å²) in [6, 6.07) is 15.6. The number of nitrogens with zero attached hydrogens (tertiary/aromatic N) is 2. The summed E-state index contributed by atoms with van der Waals surface area (Å²) in [5.74, 6) is 1.70. The number of hydrogen-bond acceptors (Lipinski definition) is 4. The molecule has 0 radical (unpaired) electrons. The Morgan fingerprint density at radius 1 is 1.12 bits per heavy atom. The first-order chi connectivity index (χ1) is 12.2. The van der Waals surface area contributed by atoms with E-state index in [1.807, 2.05) is 18.2 Å². The number of H-pyrrole nitrogens is 1. The van der Waals surface area contributed by atoms with E-state index in [9.17, 15) is 4.79 Å². The minimum Gasteiger partial charge on any atom is -0.493 e. The van der Waals surface area contributed by atoms with Gasteiger partial charge in [0.05, 0.1) is 19.4 Å². The van der Waals surface area contributed by atoms with Crippen LogP contribution in [-0.2, 0) is 6.42 Å². The number of methoxy groups -OCH3 is 1. The zero-order valence-electron chi connectivity index (χ0n) is 13.5. The molecule has 0 amide bonds. The molecule has 0 bridgehead atoms. The molecule has 6 nitrogen and oxygen atoms in total. The van der Waals surface area contributed by atoms with E-state index in [2.05, 4.69) is 15.0 Å². The molecule has 2 aromatic carbocycles. The molecule has 0 unspecified atom stereocenters. The minimum atomic E-state index is -0.234. The molecule has 124 valence electrons. The Kier molecular flexibility index (Phi) is 4.77. The monoisotopic (exact) mass is 333 g/mol. The third kappa shape index (κ3) is 4.03. The summed E-state index contributed by atoms with van der Waals surface area (Å²) >= 11 is 0. The van der Waals surface area contributed by atoms with Gasteiger partial charge in [0.2, 0.25) is 0 Å². The van der Waals surface area contributed by atoms with Crippen molar-refractivity contribution >= 4 is 5.69 Å². The predicted octanol–water partition coefficient (Wildman–Crippen LogP) is 3.71. The summed E-state index contributed by atoms with van der Waals surface area (Å²) in [5, 5.41) is 6.43. The molecule has 3 aromatic rings. The Hall–Kier alpha value is -3.59. The molecule has 1 N–H and O–H groups in total. The van der Waals surface area contributed by atoms with Gasteiger partial charge in [-0.2, -0.15) is 5.10 Å². The van der Waals surface area contributed by atoms with E-state index in [1.54, 1.807) is 37.4 Å². The third-order valence-corrected chi connectivity index (χ3v) is 3.52. The van der Waals surface area contributed by atoms with Gasteiger partial charge in [-0.15, -0.1) is 0 Å². The van der Waals surface area contributed by atoms with E-state index in [0.29, 0.717) is 29.4 Å². The van der Waals surface area contributed by atoms with Gasteiger partial charge in [-0.25, -0.2) is 9.94 Å². The Balaban J connectivity index is 1.88. The van der Waals surface area contributed by atoms with Crippen LogP contribution in [0.3, 0.4) is 0 Å². The second kappa shape index (κ2) is 7.32. The molecule has 3 rings (SSSR count). The molecule has 0 spiro atoms. The Morgan fingerprint density at radius 3 is 2.72 bits per heavy atom. The molecule has 0 aliphatic rings. The predicted molar refractivity (Wildman–Crippen MR) is 93.4 cm³/mol.